The average Bonchev–Trinajstić information content (AvgIpc) is 2.36. The number of nitrogens with zero attached hydrogens (tertiary/aromatic N) is 1. The molecule has 1 saturated carbocycles. The summed E-state index contributed by atoms with van der Waals surface area (Å²) >= 11 is 0. The fourth-order valence-electron chi connectivity index (χ4n) is 3.35. The van der Waals surface area contributed by atoms with E-state index in [2.05, 4.69) is 45.1 Å². The van der Waals surface area contributed by atoms with E-state index in [0.29, 0.717) is 6.04 Å². The van der Waals surface area contributed by atoms with Gasteiger partial charge in [0.05, 0.1) is 0 Å². The molecule has 0 spiro atoms. The van der Waals surface area contributed by atoms with Crippen molar-refractivity contribution in [2.24, 2.45) is 11.8 Å². The zero-order valence-corrected chi connectivity index (χ0v) is 13.2. The zero-order chi connectivity index (χ0) is 13.5. The maximum absolute atomic E-state index is 3.54. The third-order valence-corrected chi connectivity index (χ3v) is 4.62. The largest absolute Gasteiger partial charge is 0.315 e. The van der Waals surface area contributed by atoms with Crippen molar-refractivity contribution >= 4 is 0 Å². The highest BCUT2D eigenvalue weighted by Crippen LogP contribution is 2.30. The Bertz CT molecular complexity index is 215. The third kappa shape index (κ3) is 4.89. The molecule has 0 aromatic heterocycles. The molecule has 0 amide bonds. The SMILES string of the molecule is CCCC1CCC(NC)C(N(C)CCC(C)C)C1. The van der Waals surface area contributed by atoms with E-state index >= 15 is 0 Å². The third-order valence-electron chi connectivity index (χ3n) is 4.62. The summed E-state index contributed by atoms with van der Waals surface area (Å²) in [5.41, 5.74) is 0. The van der Waals surface area contributed by atoms with Crippen LogP contribution in [-0.2, 0) is 0 Å². The molecular formula is C16H34N2. The summed E-state index contributed by atoms with van der Waals surface area (Å²) in [6, 6.07) is 1.45. The summed E-state index contributed by atoms with van der Waals surface area (Å²) in [6.45, 7) is 8.22. The van der Waals surface area contributed by atoms with Crippen molar-refractivity contribution in [3.05, 3.63) is 0 Å². The number of likely N-dealkylation sites (N-methyl/N-ethyl adjacent to an activating group) is 2. The molecule has 0 saturated heterocycles. The smallest absolute Gasteiger partial charge is 0.0248 e. The first-order valence-corrected chi connectivity index (χ1v) is 7.95. The van der Waals surface area contributed by atoms with Crippen LogP contribution >= 0.6 is 0 Å². The van der Waals surface area contributed by atoms with E-state index in [4.69, 9.17) is 0 Å². The van der Waals surface area contributed by atoms with Crippen LogP contribution in [0.25, 0.3) is 0 Å². The van der Waals surface area contributed by atoms with Gasteiger partial charge in [-0.25, -0.2) is 0 Å². The van der Waals surface area contributed by atoms with Crippen molar-refractivity contribution in [2.75, 3.05) is 20.6 Å². The van der Waals surface area contributed by atoms with E-state index in [1.807, 2.05) is 0 Å². The van der Waals surface area contributed by atoms with Gasteiger partial charge < -0.3 is 10.2 Å². The summed E-state index contributed by atoms with van der Waals surface area (Å²) in [4.78, 5) is 2.61. The maximum Gasteiger partial charge on any atom is 0.0248 e. The Hall–Kier alpha value is -0.0800. The van der Waals surface area contributed by atoms with Crippen LogP contribution < -0.4 is 5.32 Å². The average molecular weight is 254 g/mol. The highest BCUT2D eigenvalue weighted by Gasteiger charge is 2.31. The van der Waals surface area contributed by atoms with E-state index in [-0.39, 0.29) is 0 Å². The van der Waals surface area contributed by atoms with Crippen molar-refractivity contribution in [2.45, 2.75) is 71.4 Å². The van der Waals surface area contributed by atoms with Gasteiger partial charge in [0.25, 0.3) is 0 Å². The molecule has 1 aliphatic carbocycles. The van der Waals surface area contributed by atoms with Gasteiger partial charge in [0.15, 0.2) is 0 Å². The van der Waals surface area contributed by atoms with E-state index in [0.717, 1.165) is 17.9 Å². The second-order valence-electron chi connectivity index (χ2n) is 6.59. The Morgan fingerprint density at radius 1 is 1.28 bits per heavy atom. The second kappa shape index (κ2) is 8.16. The zero-order valence-electron chi connectivity index (χ0n) is 13.2. The van der Waals surface area contributed by atoms with Gasteiger partial charge in [0, 0.05) is 12.1 Å². The van der Waals surface area contributed by atoms with Gasteiger partial charge in [-0.2, -0.15) is 0 Å². The molecule has 2 heteroatoms. The fraction of sp³-hybridized carbons (Fsp3) is 1.00. The van der Waals surface area contributed by atoms with Crippen LogP contribution in [0.1, 0.15) is 59.3 Å². The quantitative estimate of drug-likeness (QED) is 0.748. The number of hydrogen-bond donors (Lipinski definition) is 1. The highest BCUT2D eigenvalue weighted by atomic mass is 15.2. The van der Waals surface area contributed by atoms with Crippen LogP contribution in [0.4, 0.5) is 0 Å². The first kappa shape index (κ1) is 16.0. The predicted molar refractivity (Wildman–Crippen MR) is 81.0 cm³/mol. The van der Waals surface area contributed by atoms with Crippen molar-refractivity contribution in [1.29, 1.82) is 0 Å². The van der Waals surface area contributed by atoms with Crippen LogP contribution in [0.3, 0.4) is 0 Å². The minimum absolute atomic E-state index is 0.704. The van der Waals surface area contributed by atoms with E-state index in [1.54, 1.807) is 0 Å². The van der Waals surface area contributed by atoms with Crippen molar-refractivity contribution in [3.8, 4) is 0 Å². The Balaban J connectivity index is 2.50. The fourth-order valence-corrected chi connectivity index (χ4v) is 3.35. The monoisotopic (exact) mass is 254 g/mol. The molecule has 108 valence electrons. The van der Waals surface area contributed by atoms with Gasteiger partial charge in [-0.1, -0.05) is 33.6 Å². The molecule has 3 unspecified atom stereocenters. The molecule has 0 radical (unpaired) electrons. The van der Waals surface area contributed by atoms with Crippen molar-refractivity contribution in [1.82, 2.24) is 10.2 Å². The summed E-state index contributed by atoms with van der Waals surface area (Å²) in [5.74, 6) is 1.78. The minimum Gasteiger partial charge on any atom is -0.315 e. The summed E-state index contributed by atoms with van der Waals surface area (Å²) in [5, 5.41) is 3.54. The first-order valence-electron chi connectivity index (χ1n) is 7.95. The lowest BCUT2D eigenvalue weighted by molar-refractivity contribution is 0.115. The predicted octanol–water partition coefficient (Wildman–Crippen LogP) is 3.52. The normalized spacial score (nSPS) is 29.2. The summed E-state index contributed by atoms with van der Waals surface area (Å²) in [6.07, 6.45) is 8.27. The lowest BCUT2D eigenvalue weighted by Crippen LogP contribution is -2.51. The Morgan fingerprint density at radius 3 is 2.56 bits per heavy atom. The van der Waals surface area contributed by atoms with Crippen LogP contribution in [0.2, 0.25) is 0 Å². The lowest BCUT2D eigenvalue weighted by Gasteiger charge is -2.41. The first-order chi connectivity index (χ1) is 8.58. The van der Waals surface area contributed by atoms with Crippen LogP contribution in [-0.4, -0.2) is 37.6 Å². The lowest BCUT2D eigenvalue weighted by atomic mass is 9.79. The topological polar surface area (TPSA) is 15.3 Å². The van der Waals surface area contributed by atoms with Gasteiger partial charge in [0.2, 0.25) is 0 Å². The van der Waals surface area contributed by atoms with E-state index < -0.39 is 0 Å². The van der Waals surface area contributed by atoms with Crippen molar-refractivity contribution in [3.63, 3.8) is 0 Å². The molecule has 18 heavy (non-hydrogen) atoms. The van der Waals surface area contributed by atoms with Gasteiger partial charge >= 0.3 is 0 Å². The van der Waals surface area contributed by atoms with Crippen molar-refractivity contribution < 1.29 is 0 Å². The van der Waals surface area contributed by atoms with Crippen LogP contribution in [0.5, 0.6) is 0 Å². The van der Waals surface area contributed by atoms with Gasteiger partial charge in [-0.15, -0.1) is 0 Å². The molecule has 0 heterocycles. The molecule has 1 aliphatic rings. The molecule has 2 nitrogen and oxygen atoms in total. The summed E-state index contributed by atoms with van der Waals surface area (Å²) in [7, 11) is 4.46. The number of hydrogen-bond acceptors (Lipinski definition) is 2. The van der Waals surface area contributed by atoms with Gasteiger partial charge in [-0.3, -0.25) is 0 Å². The van der Waals surface area contributed by atoms with E-state index in [1.165, 1.54) is 45.1 Å². The molecule has 0 aromatic rings. The van der Waals surface area contributed by atoms with Crippen LogP contribution in [0.15, 0.2) is 0 Å². The molecular weight excluding hydrogens is 220 g/mol. The van der Waals surface area contributed by atoms with Crippen LogP contribution in [0, 0.1) is 11.8 Å². The highest BCUT2D eigenvalue weighted by molar-refractivity contribution is 4.89. The standard InChI is InChI=1S/C16H34N2/c1-6-7-14-8-9-15(17-4)16(12-14)18(5)11-10-13(2)3/h13-17H,6-12H2,1-5H3. The number of rotatable bonds is 7. The second-order valence-corrected chi connectivity index (χ2v) is 6.59. The molecule has 1 N–H and O–H groups in total. The Morgan fingerprint density at radius 2 is 2.00 bits per heavy atom. The molecule has 1 fully saturated rings. The Labute approximate surface area is 115 Å². The number of nitrogens with one attached hydrogen (secondary N) is 1. The van der Waals surface area contributed by atoms with Gasteiger partial charge in [0.1, 0.15) is 0 Å². The molecule has 3 atom stereocenters. The molecule has 0 aliphatic heterocycles. The maximum atomic E-state index is 3.54. The molecule has 0 bridgehead atoms. The molecule has 1 rings (SSSR count). The summed E-state index contributed by atoms with van der Waals surface area (Å²) < 4.78 is 0. The van der Waals surface area contributed by atoms with E-state index in [9.17, 15) is 0 Å². The van der Waals surface area contributed by atoms with Gasteiger partial charge in [-0.05, 0) is 58.2 Å². The molecule has 0 aromatic carbocycles. The Kier molecular flexibility index (Phi) is 7.25. The minimum atomic E-state index is 0.704.